The van der Waals surface area contributed by atoms with E-state index in [1.807, 2.05) is 0 Å². The first-order valence-electron chi connectivity index (χ1n) is 5.55. The summed E-state index contributed by atoms with van der Waals surface area (Å²) < 4.78 is 51.4. The lowest BCUT2D eigenvalue weighted by atomic mass is 10.1. The molecule has 2 aromatic rings. The van der Waals surface area contributed by atoms with Crippen LogP contribution < -0.4 is 5.43 Å². The Kier molecular flexibility index (Phi) is 4.48. The van der Waals surface area contributed by atoms with E-state index in [4.69, 9.17) is 11.6 Å². The number of anilines is 1. The molecule has 0 radical (unpaired) electrons. The summed E-state index contributed by atoms with van der Waals surface area (Å²) in [5, 5.41) is 5.01. The highest BCUT2D eigenvalue weighted by molar-refractivity contribution is 7.13. The highest BCUT2D eigenvalue weighted by Crippen LogP contribution is 2.36. The summed E-state index contributed by atoms with van der Waals surface area (Å²) in [6, 6.07) is 1.67. The van der Waals surface area contributed by atoms with E-state index in [0.29, 0.717) is 11.2 Å². The molecule has 0 amide bonds. The molecule has 2 rings (SSSR count). The minimum Gasteiger partial charge on any atom is -0.253 e. The van der Waals surface area contributed by atoms with Crippen LogP contribution in [0, 0.1) is 12.7 Å². The first kappa shape index (κ1) is 15.7. The van der Waals surface area contributed by atoms with Crippen molar-refractivity contribution in [1.82, 2.24) is 4.98 Å². The van der Waals surface area contributed by atoms with Gasteiger partial charge in [0.1, 0.15) is 0 Å². The van der Waals surface area contributed by atoms with Crippen LogP contribution in [-0.4, -0.2) is 11.2 Å². The van der Waals surface area contributed by atoms with Crippen LogP contribution in [0.1, 0.15) is 16.8 Å². The third kappa shape index (κ3) is 3.70. The van der Waals surface area contributed by atoms with E-state index in [-0.39, 0.29) is 5.56 Å². The number of alkyl halides is 3. The van der Waals surface area contributed by atoms with Crippen LogP contribution in [0.15, 0.2) is 22.6 Å². The summed E-state index contributed by atoms with van der Waals surface area (Å²) in [6.07, 6.45) is -3.66. The molecule has 1 aromatic heterocycles. The molecule has 0 saturated carbocycles. The van der Waals surface area contributed by atoms with Gasteiger partial charge in [-0.05, 0) is 19.1 Å². The van der Waals surface area contributed by atoms with E-state index >= 15 is 0 Å². The highest BCUT2D eigenvalue weighted by atomic mass is 35.5. The van der Waals surface area contributed by atoms with Crippen LogP contribution in [0.3, 0.4) is 0 Å². The minimum absolute atomic E-state index is 0.159. The number of hydrogen-bond donors (Lipinski definition) is 1. The quantitative estimate of drug-likeness (QED) is 0.500. The predicted octanol–water partition coefficient (Wildman–Crippen LogP) is 4.71. The lowest BCUT2D eigenvalue weighted by Gasteiger charge is -2.10. The van der Waals surface area contributed by atoms with Gasteiger partial charge in [0.25, 0.3) is 0 Å². The van der Waals surface area contributed by atoms with Crippen molar-refractivity contribution in [3.8, 4) is 0 Å². The molecule has 112 valence electrons. The fraction of sp³-hybridized carbons (Fsp3) is 0.167. The molecule has 0 aliphatic carbocycles. The van der Waals surface area contributed by atoms with Gasteiger partial charge in [-0.1, -0.05) is 11.6 Å². The third-order valence-corrected chi connectivity index (χ3v) is 3.63. The second-order valence-corrected chi connectivity index (χ2v) is 5.23. The van der Waals surface area contributed by atoms with Crippen LogP contribution in [0.5, 0.6) is 0 Å². The van der Waals surface area contributed by atoms with Crippen molar-refractivity contribution in [1.29, 1.82) is 0 Å². The molecule has 1 N–H and O–H groups in total. The normalized spacial score (nSPS) is 12.1. The number of hydrogen-bond acceptors (Lipinski definition) is 4. The molecule has 0 saturated heterocycles. The molecule has 1 heterocycles. The van der Waals surface area contributed by atoms with Gasteiger partial charge in [-0.3, -0.25) is 5.43 Å². The molecule has 0 fully saturated rings. The molecule has 1 aromatic carbocycles. The van der Waals surface area contributed by atoms with Crippen molar-refractivity contribution in [2.75, 3.05) is 5.43 Å². The van der Waals surface area contributed by atoms with Gasteiger partial charge in [0.15, 0.2) is 5.82 Å². The molecule has 21 heavy (non-hydrogen) atoms. The van der Waals surface area contributed by atoms with Gasteiger partial charge in [-0.25, -0.2) is 9.37 Å². The zero-order chi connectivity index (χ0) is 15.6. The van der Waals surface area contributed by atoms with Crippen molar-refractivity contribution in [2.24, 2.45) is 5.10 Å². The van der Waals surface area contributed by atoms with Gasteiger partial charge in [0.05, 0.1) is 22.5 Å². The smallest absolute Gasteiger partial charge is 0.253 e. The molecular formula is C12H8ClF4N3S. The molecule has 3 nitrogen and oxygen atoms in total. The topological polar surface area (TPSA) is 37.3 Å². The lowest BCUT2D eigenvalue weighted by Crippen LogP contribution is -2.08. The number of rotatable bonds is 3. The second kappa shape index (κ2) is 5.98. The number of aryl methyl sites for hydroxylation is 1. The van der Waals surface area contributed by atoms with E-state index in [2.05, 4.69) is 15.5 Å². The number of benzene rings is 1. The average Bonchev–Trinajstić information content (AvgIpc) is 2.79. The Morgan fingerprint density at radius 3 is 2.67 bits per heavy atom. The van der Waals surface area contributed by atoms with Gasteiger partial charge >= 0.3 is 6.18 Å². The highest BCUT2D eigenvalue weighted by Gasteiger charge is 2.34. The fourth-order valence-corrected chi connectivity index (χ4v) is 2.36. The summed E-state index contributed by atoms with van der Waals surface area (Å²) in [7, 11) is 0. The van der Waals surface area contributed by atoms with E-state index < -0.39 is 22.6 Å². The maximum absolute atomic E-state index is 13.8. The lowest BCUT2D eigenvalue weighted by molar-refractivity contribution is -0.137. The van der Waals surface area contributed by atoms with Crippen molar-refractivity contribution in [3.05, 3.63) is 45.2 Å². The first-order valence-corrected chi connectivity index (χ1v) is 6.81. The zero-order valence-corrected chi connectivity index (χ0v) is 12.1. The summed E-state index contributed by atoms with van der Waals surface area (Å²) >= 11 is 6.69. The molecule has 0 unspecified atom stereocenters. The molecular weight excluding hydrogens is 330 g/mol. The summed E-state index contributed by atoms with van der Waals surface area (Å²) in [4.78, 5) is 4.05. The van der Waals surface area contributed by atoms with Gasteiger partial charge < -0.3 is 0 Å². The van der Waals surface area contributed by atoms with Crippen LogP contribution in [-0.2, 0) is 6.18 Å². The number of aromatic nitrogens is 1. The molecule has 0 spiro atoms. The molecule has 9 heteroatoms. The van der Waals surface area contributed by atoms with Crippen molar-refractivity contribution in [3.63, 3.8) is 0 Å². The van der Waals surface area contributed by atoms with E-state index in [1.54, 1.807) is 12.3 Å². The van der Waals surface area contributed by atoms with E-state index in [0.717, 1.165) is 18.0 Å². The summed E-state index contributed by atoms with van der Waals surface area (Å²) in [5.41, 5.74) is 1.96. The Bertz CT molecular complexity index is 682. The second-order valence-electron chi connectivity index (χ2n) is 3.99. The Morgan fingerprint density at radius 2 is 2.10 bits per heavy atom. The molecule has 0 atom stereocenters. The molecule has 0 aliphatic rings. The van der Waals surface area contributed by atoms with Crippen LogP contribution in [0.2, 0.25) is 5.02 Å². The zero-order valence-electron chi connectivity index (χ0n) is 10.5. The van der Waals surface area contributed by atoms with E-state index in [1.165, 1.54) is 11.3 Å². The SMILES string of the molecule is Cc1csc(NN=Cc2ccc(C(F)(F)F)c(Cl)c2F)n1. The monoisotopic (exact) mass is 337 g/mol. The summed E-state index contributed by atoms with van der Waals surface area (Å²) in [5.74, 6) is -1.17. The van der Waals surface area contributed by atoms with Crippen LogP contribution >= 0.6 is 22.9 Å². The van der Waals surface area contributed by atoms with Gasteiger partial charge in [-0.15, -0.1) is 11.3 Å². The number of hydrazone groups is 1. The van der Waals surface area contributed by atoms with Crippen LogP contribution in [0.25, 0.3) is 0 Å². The van der Waals surface area contributed by atoms with Crippen LogP contribution in [0.4, 0.5) is 22.7 Å². The number of halogens is 5. The molecule has 0 bridgehead atoms. The Hall–Kier alpha value is -1.67. The Labute approximate surface area is 126 Å². The van der Waals surface area contributed by atoms with Gasteiger partial charge in [0, 0.05) is 10.9 Å². The maximum atomic E-state index is 13.8. The largest absolute Gasteiger partial charge is 0.417 e. The van der Waals surface area contributed by atoms with Crippen molar-refractivity contribution < 1.29 is 17.6 Å². The fourth-order valence-electron chi connectivity index (χ4n) is 1.45. The van der Waals surface area contributed by atoms with Gasteiger partial charge in [0.2, 0.25) is 5.13 Å². The average molecular weight is 338 g/mol. The molecule has 0 aliphatic heterocycles. The van der Waals surface area contributed by atoms with Gasteiger partial charge in [-0.2, -0.15) is 18.3 Å². The Balaban J connectivity index is 2.19. The third-order valence-electron chi connectivity index (χ3n) is 2.40. The number of thiazole rings is 1. The standard InChI is InChI=1S/C12H8ClF4N3S/c1-6-5-21-11(19-6)20-18-4-7-2-3-8(12(15,16)17)9(13)10(7)14/h2-5H,1H3,(H,19,20). The van der Waals surface area contributed by atoms with Crippen molar-refractivity contribution in [2.45, 2.75) is 13.1 Å². The predicted molar refractivity (Wildman–Crippen MR) is 74.5 cm³/mol. The summed E-state index contributed by atoms with van der Waals surface area (Å²) in [6.45, 7) is 1.79. The van der Waals surface area contributed by atoms with Crippen molar-refractivity contribution >= 4 is 34.3 Å². The number of nitrogens with one attached hydrogen (secondary N) is 1. The van der Waals surface area contributed by atoms with E-state index in [9.17, 15) is 17.6 Å². The Morgan fingerprint density at radius 1 is 1.38 bits per heavy atom. The number of nitrogens with zero attached hydrogens (tertiary/aromatic N) is 2. The maximum Gasteiger partial charge on any atom is 0.417 e. The minimum atomic E-state index is -4.70. The first-order chi connectivity index (χ1) is 9.79.